The van der Waals surface area contributed by atoms with Gasteiger partial charge in [-0.15, -0.1) is 0 Å². The highest BCUT2D eigenvalue weighted by atomic mass is 19.4. The van der Waals surface area contributed by atoms with Crippen LogP contribution in [-0.4, -0.2) is 11.3 Å². The molecular weight excluding hydrogens is 345 g/mol. The van der Waals surface area contributed by atoms with Gasteiger partial charge in [-0.05, 0) is 37.8 Å². The van der Waals surface area contributed by atoms with Gasteiger partial charge in [0.25, 0.3) is 0 Å². The molecule has 7 heteroatoms. The van der Waals surface area contributed by atoms with E-state index in [1.807, 2.05) is 13.8 Å². The predicted octanol–water partition coefficient (Wildman–Crippen LogP) is 5.36. The number of hydrogen-bond donors (Lipinski definition) is 0. The van der Waals surface area contributed by atoms with Crippen LogP contribution in [0.2, 0.25) is 0 Å². The second kappa shape index (κ2) is 8.09. The van der Waals surface area contributed by atoms with E-state index in [9.17, 15) is 18.4 Å². The van der Waals surface area contributed by atoms with Crippen molar-refractivity contribution in [1.29, 1.82) is 5.26 Å². The van der Waals surface area contributed by atoms with E-state index in [-0.39, 0.29) is 12.2 Å². The molecule has 142 valence electrons. The lowest BCUT2D eigenvalue weighted by Crippen LogP contribution is -2.19. The van der Waals surface area contributed by atoms with E-state index < -0.39 is 23.6 Å². The maximum atomic E-state index is 13.0. The van der Waals surface area contributed by atoms with Gasteiger partial charge in [0, 0.05) is 18.2 Å². The third-order valence-corrected chi connectivity index (χ3v) is 4.55. The zero-order valence-corrected chi connectivity index (χ0v) is 15.2. The summed E-state index contributed by atoms with van der Waals surface area (Å²) in [5.41, 5.74) is -0.475. The van der Waals surface area contributed by atoms with Gasteiger partial charge in [-0.2, -0.15) is 18.4 Å². The van der Waals surface area contributed by atoms with Gasteiger partial charge in [0.1, 0.15) is 5.69 Å². The van der Waals surface area contributed by atoms with Gasteiger partial charge in [-0.3, -0.25) is 4.98 Å². The Bertz CT molecular complexity index is 703. The van der Waals surface area contributed by atoms with Crippen molar-refractivity contribution in [3.05, 3.63) is 40.9 Å². The van der Waals surface area contributed by atoms with Gasteiger partial charge in [0.05, 0.1) is 23.9 Å². The molecule has 1 unspecified atom stereocenters. The van der Waals surface area contributed by atoms with Crippen LogP contribution in [0.15, 0.2) is 29.7 Å². The van der Waals surface area contributed by atoms with Crippen molar-refractivity contribution < 1.29 is 22.6 Å². The maximum absolute atomic E-state index is 13.0. The number of rotatable bonds is 8. The van der Waals surface area contributed by atoms with Crippen LogP contribution in [-0.2, 0) is 22.3 Å². The number of halogens is 3. The molecule has 1 aromatic rings. The fourth-order valence-corrected chi connectivity index (χ4v) is 3.03. The molecule has 1 aliphatic carbocycles. The van der Waals surface area contributed by atoms with Gasteiger partial charge >= 0.3 is 6.18 Å². The van der Waals surface area contributed by atoms with Crippen molar-refractivity contribution in [2.24, 2.45) is 5.41 Å². The molecule has 0 radical (unpaired) electrons. The van der Waals surface area contributed by atoms with Crippen molar-refractivity contribution in [2.45, 2.75) is 65.5 Å². The Hall–Kier alpha value is -2.07. The molecule has 26 heavy (non-hydrogen) atoms. The quantitative estimate of drug-likeness (QED) is 0.458. The highest BCUT2D eigenvalue weighted by Gasteiger charge is 2.47. The second-order valence-electron chi connectivity index (χ2n) is 6.36. The number of nitriles is 1. The zero-order chi connectivity index (χ0) is 19.4. The summed E-state index contributed by atoms with van der Waals surface area (Å²) >= 11 is 0. The Morgan fingerprint density at radius 1 is 1.38 bits per heavy atom. The summed E-state index contributed by atoms with van der Waals surface area (Å²) in [6.45, 7) is 5.33. The topological polar surface area (TPSA) is 55.1 Å². The van der Waals surface area contributed by atoms with Crippen LogP contribution in [0.5, 0.6) is 0 Å². The Balaban J connectivity index is 2.08. The average Bonchev–Trinajstić information content (AvgIpc) is 3.39. The lowest BCUT2D eigenvalue weighted by Gasteiger charge is -2.22. The average molecular weight is 368 g/mol. The fourth-order valence-electron chi connectivity index (χ4n) is 3.03. The van der Waals surface area contributed by atoms with Crippen molar-refractivity contribution in [3.63, 3.8) is 0 Å². The summed E-state index contributed by atoms with van der Waals surface area (Å²) in [4.78, 5) is 3.42. The number of allylic oxidation sites excluding steroid dienone is 2. The molecule has 0 spiro atoms. The molecule has 4 nitrogen and oxygen atoms in total. The second-order valence-corrected chi connectivity index (χ2v) is 6.36. The minimum atomic E-state index is -4.53. The summed E-state index contributed by atoms with van der Waals surface area (Å²) in [5.74, 6) is 0.626. The maximum Gasteiger partial charge on any atom is 0.433 e. The molecule has 1 aliphatic rings. The molecule has 1 atom stereocenters. The van der Waals surface area contributed by atoms with Gasteiger partial charge in [0.2, 0.25) is 0 Å². The van der Waals surface area contributed by atoms with E-state index >= 15 is 0 Å². The zero-order valence-electron chi connectivity index (χ0n) is 15.2. The third kappa shape index (κ3) is 4.55. The molecule has 0 aliphatic heterocycles. The molecule has 1 saturated carbocycles. The number of ether oxygens (including phenoxy) is 2. The summed E-state index contributed by atoms with van der Waals surface area (Å²) in [7, 11) is 0. The molecule has 1 aromatic heterocycles. The molecule has 2 rings (SSSR count). The minimum Gasteiger partial charge on any atom is -0.470 e. The summed E-state index contributed by atoms with van der Waals surface area (Å²) < 4.78 is 50.4. The predicted molar refractivity (Wildman–Crippen MR) is 89.5 cm³/mol. The highest BCUT2D eigenvalue weighted by Crippen LogP contribution is 2.53. The minimum absolute atomic E-state index is 0.0323. The molecule has 0 amide bonds. The van der Waals surface area contributed by atoms with Crippen LogP contribution in [0.25, 0.3) is 0 Å². The summed E-state index contributed by atoms with van der Waals surface area (Å²) in [6, 6.07) is 5.13. The van der Waals surface area contributed by atoms with Crippen LogP contribution in [0, 0.1) is 16.7 Å². The highest BCUT2D eigenvalue weighted by molar-refractivity contribution is 5.32. The van der Waals surface area contributed by atoms with Gasteiger partial charge < -0.3 is 9.47 Å². The largest absolute Gasteiger partial charge is 0.470 e. The SMILES string of the molecule is CC/C(=C(/C)OC(CC)OCc1cccnc1C(F)(F)F)C1(C#N)CC1. The molecule has 0 bridgehead atoms. The standard InChI is InChI=1S/C19H23F3N2O2/c1-4-15(18(12-23)8-9-18)13(3)26-16(5-2)25-11-14-7-6-10-24-17(14)19(20,21)22/h6-7,10,16H,4-5,8-9,11H2,1-3H3/b15-13+. The molecule has 0 N–H and O–H groups in total. The van der Waals surface area contributed by atoms with E-state index in [0.29, 0.717) is 18.6 Å². The van der Waals surface area contributed by atoms with Gasteiger partial charge in [-0.25, -0.2) is 0 Å². The first-order valence-electron chi connectivity index (χ1n) is 8.68. The lowest BCUT2D eigenvalue weighted by atomic mass is 9.94. The molecular formula is C19H23F3N2O2. The van der Waals surface area contributed by atoms with Crippen LogP contribution in [0.1, 0.15) is 57.7 Å². The van der Waals surface area contributed by atoms with Gasteiger partial charge in [0.15, 0.2) is 6.29 Å². The number of aromatic nitrogens is 1. The van der Waals surface area contributed by atoms with Crippen LogP contribution in [0.3, 0.4) is 0 Å². The lowest BCUT2D eigenvalue weighted by molar-refractivity contribution is -0.147. The monoisotopic (exact) mass is 368 g/mol. The van der Waals surface area contributed by atoms with Crippen LogP contribution < -0.4 is 0 Å². The number of hydrogen-bond acceptors (Lipinski definition) is 4. The molecule has 1 fully saturated rings. The van der Waals surface area contributed by atoms with E-state index in [4.69, 9.17) is 9.47 Å². The Morgan fingerprint density at radius 2 is 2.08 bits per heavy atom. The smallest absolute Gasteiger partial charge is 0.433 e. The number of nitrogens with zero attached hydrogens (tertiary/aromatic N) is 2. The number of pyridine rings is 1. The first-order chi connectivity index (χ1) is 12.3. The summed E-state index contributed by atoms with van der Waals surface area (Å²) in [5, 5.41) is 9.37. The first-order valence-corrected chi connectivity index (χ1v) is 8.68. The Morgan fingerprint density at radius 3 is 2.58 bits per heavy atom. The normalized spacial score (nSPS) is 17.9. The van der Waals surface area contributed by atoms with Crippen LogP contribution in [0.4, 0.5) is 13.2 Å². The van der Waals surface area contributed by atoms with E-state index in [2.05, 4.69) is 11.1 Å². The van der Waals surface area contributed by atoms with Crippen molar-refractivity contribution in [2.75, 3.05) is 0 Å². The van der Waals surface area contributed by atoms with Crippen molar-refractivity contribution >= 4 is 0 Å². The molecule has 0 aromatic carbocycles. The van der Waals surface area contributed by atoms with E-state index in [1.165, 1.54) is 12.1 Å². The van der Waals surface area contributed by atoms with Crippen molar-refractivity contribution in [3.8, 4) is 6.07 Å². The molecule has 1 heterocycles. The summed E-state index contributed by atoms with van der Waals surface area (Å²) in [6.07, 6.45) is -1.32. The van der Waals surface area contributed by atoms with Crippen molar-refractivity contribution in [1.82, 2.24) is 4.98 Å². The van der Waals surface area contributed by atoms with E-state index in [1.54, 1.807) is 6.92 Å². The third-order valence-electron chi connectivity index (χ3n) is 4.55. The van der Waals surface area contributed by atoms with E-state index in [0.717, 1.165) is 24.6 Å². The first kappa shape index (κ1) is 20.2. The van der Waals surface area contributed by atoms with Crippen LogP contribution >= 0.6 is 0 Å². The molecule has 0 saturated heterocycles. The Labute approximate surface area is 151 Å². The number of alkyl halides is 3. The fraction of sp³-hybridized carbons (Fsp3) is 0.579. The Kier molecular flexibility index (Phi) is 6.30. The van der Waals surface area contributed by atoms with Gasteiger partial charge in [-0.1, -0.05) is 19.9 Å².